The number of aromatic nitrogens is 1. The van der Waals surface area contributed by atoms with Crippen molar-refractivity contribution in [3.05, 3.63) is 52.6 Å². The molecule has 0 fully saturated rings. The van der Waals surface area contributed by atoms with Gasteiger partial charge in [-0.2, -0.15) is 0 Å². The minimum Gasteiger partial charge on any atom is -0.493 e. The molecule has 2 heterocycles. The molecule has 126 valence electrons. The van der Waals surface area contributed by atoms with Crippen molar-refractivity contribution in [2.45, 2.75) is 6.92 Å². The molecule has 0 radical (unpaired) electrons. The molecular weight excluding hydrogens is 382 g/mol. The topological polar surface area (TPSA) is 44.5 Å². The highest BCUT2D eigenvalue weighted by molar-refractivity contribution is 9.10. The maximum absolute atomic E-state index is 6.01. The summed E-state index contributed by atoms with van der Waals surface area (Å²) in [7, 11) is 3.27. The van der Waals surface area contributed by atoms with Crippen LogP contribution in [0.4, 0.5) is 0 Å². The van der Waals surface area contributed by atoms with Gasteiger partial charge in [0.25, 0.3) is 0 Å². The van der Waals surface area contributed by atoms with Gasteiger partial charge >= 0.3 is 0 Å². The molecule has 0 aliphatic carbocycles. The molecule has 0 aliphatic rings. The maximum Gasteiger partial charge on any atom is 0.227 e. The van der Waals surface area contributed by atoms with E-state index in [-0.39, 0.29) is 0 Å². The van der Waals surface area contributed by atoms with E-state index in [0.29, 0.717) is 17.2 Å². The SMILES string of the molecule is COc1cc2c(C)nc3oc(-c4ccc(Br)cc4)cc3c2cc1OC. The minimum atomic E-state index is 0.620. The zero-order valence-corrected chi connectivity index (χ0v) is 15.7. The largest absolute Gasteiger partial charge is 0.493 e. The van der Waals surface area contributed by atoms with Crippen molar-refractivity contribution in [2.75, 3.05) is 14.2 Å². The van der Waals surface area contributed by atoms with Gasteiger partial charge in [-0.3, -0.25) is 0 Å². The molecule has 25 heavy (non-hydrogen) atoms. The monoisotopic (exact) mass is 397 g/mol. The summed E-state index contributed by atoms with van der Waals surface area (Å²) in [5, 5.41) is 3.01. The highest BCUT2D eigenvalue weighted by atomic mass is 79.9. The first-order valence-electron chi connectivity index (χ1n) is 7.82. The fraction of sp³-hybridized carbons (Fsp3) is 0.150. The number of aryl methyl sites for hydroxylation is 1. The normalized spacial score (nSPS) is 11.2. The number of hydrogen-bond acceptors (Lipinski definition) is 4. The predicted molar refractivity (Wildman–Crippen MR) is 102 cm³/mol. The lowest BCUT2D eigenvalue weighted by atomic mass is 10.1. The van der Waals surface area contributed by atoms with Gasteiger partial charge in [0.15, 0.2) is 11.5 Å². The zero-order valence-electron chi connectivity index (χ0n) is 14.1. The van der Waals surface area contributed by atoms with E-state index in [0.717, 1.165) is 37.6 Å². The second-order valence-corrected chi connectivity index (χ2v) is 6.70. The number of ether oxygens (including phenoxy) is 2. The molecule has 0 N–H and O–H groups in total. The van der Waals surface area contributed by atoms with Gasteiger partial charge in [0.2, 0.25) is 5.71 Å². The first kappa shape index (κ1) is 16.0. The number of halogens is 1. The Hall–Kier alpha value is -2.53. The number of fused-ring (bicyclic) bond motifs is 3. The molecule has 4 rings (SSSR count). The third-order valence-corrected chi connectivity index (χ3v) is 4.84. The lowest BCUT2D eigenvalue weighted by Gasteiger charge is -2.10. The Labute approximate surface area is 153 Å². The van der Waals surface area contributed by atoms with Crippen LogP contribution in [0.2, 0.25) is 0 Å². The molecule has 0 saturated heterocycles. The second kappa shape index (κ2) is 6.08. The third kappa shape index (κ3) is 2.65. The summed E-state index contributed by atoms with van der Waals surface area (Å²) < 4.78 is 17.9. The minimum absolute atomic E-state index is 0.620. The summed E-state index contributed by atoms with van der Waals surface area (Å²) in [6, 6.07) is 14.0. The van der Waals surface area contributed by atoms with Crippen molar-refractivity contribution < 1.29 is 13.9 Å². The van der Waals surface area contributed by atoms with E-state index in [1.165, 1.54) is 0 Å². The average Bonchev–Trinajstić information content (AvgIpc) is 3.05. The van der Waals surface area contributed by atoms with Crippen LogP contribution in [0.5, 0.6) is 11.5 Å². The lowest BCUT2D eigenvalue weighted by molar-refractivity contribution is 0.356. The zero-order chi connectivity index (χ0) is 17.6. The summed E-state index contributed by atoms with van der Waals surface area (Å²) in [4.78, 5) is 4.63. The Morgan fingerprint density at radius 2 is 1.52 bits per heavy atom. The number of nitrogens with zero attached hydrogens (tertiary/aromatic N) is 1. The Morgan fingerprint density at radius 1 is 0.880 bits per heavy atom. The van der Waals surface area contributed by atoms with Crippen LogP contribution in [0.15, 0.2) is 51.4 Å². The van der Waals surface area contributed by atoms with Crippen LogP contribution in [0.3, 0.4) is 0 Å². The molecule has 4 nitrogen and oxygen atoms in total. The number of rotatable bonds is 3. The van der Waals surface area contributed by atoms with Gasteiger partial charge in [0.1, 0.15) is 5.76 Å². The van der Waals surface area contributed by atoms with Crippen molar-refractivity contribution in [1.29, 1.82) is 0 Å². The van der Waals surface area contributed by atoms with Crippen LogP contribution in [-0.4, -0.2) is 19.2 Å². The Morgan fingerprint density at radius 3 is 2.16 bits per heavy atom. The van der Waals surface area contributed by atoms with Gasteiger partial charge in [-0.15, -0.1) is 0 Å². The van der Waals surface area contributed by atoms with Gasteiger partial charge in [0.05, 0.1) is 14.2 Å². The Bertz CT molecular complexity index is 1080. The molecular formula is C20H16BrNO3. The molecule has 0 amide bonds. The fourth-order valence-electron chi connectivity index (χ4n) is 3.03. The van der Waals surface area contributed by atoms with E-state index in [1.54, 1.807) is 14.2 Å². The molecule has 5 heteroatoms. The summed E-state index contributed by atoms with van der Waals surface area (Å²) in [5.74, 6) is 2.17. The molecule has 4 aromatic rings. The lowest BCUT2D eigenvalue weighted by Crippen LogP contribution is -1.92. The molecule has 0 aliphatic heterocycles. The van der Waals surface area contributed by atoms with Crippen molar-refractivity contribution in [3.8, 4) is 22.8 Å². The first-order chi connectivity index (χ1) is 12.1. The molecule has 0 saturated carbocycles. The van der Waals surface area contributed by atoms with Crippen molar-refractivity contribution in [3.63, 3.8) is 0 Å². The number of benzene rings is 2. The highest BCUT2D eigenvalue weighted by Gasteiger charge is 2.15. The number of pyridine rings is 1. The summed E-state index contributed by atoms with van der Waals surface area (Å²) in [6.07, 6.45) is 0. The van der Waals surface area contributed by atoms with Gasteiger partial charge in [0, 0.05) is 31.9 Å². The summed E-state index contributed by atoms with van der Waals surface area (Å²) in [6.45, 7) is 1.97. The highest BCUT2D eigenvalue weighted by Crippen LogP contribution is 2.38. The molecule has 2 aromatic carbocycles. The number of methoxy groups -OCH3 is 2. The van der Waals surface area contributed by atoms with Crippen LogP contribution < -0.4 is 9.47 Å². The van der Waals surface area contributed by atoms with E-state index in [2.05, 4.69) is 20.9 Å². The average molecular weight is 398 g/mol. The van der Waals surface area contributed by atoms with Gasteiger partial charge < -0.3 is 13.9 Å². The van der Waals surface area contributed by atoms with Crippen LogP contribution >= 0.6 is 15.9 Å². The van der Waals surface area contributed by atoms with Crippen LogP contribution in [0, 0.1) is 6.92 Å². The van der Waals surface area contributed by atoms with E-state index < -0.39 is 0 Å². The molecule has 0 spiro atoms. The van der Waals surface area contributed by atoms with Crippen molar-refractivity contribution in [2.24, 2.45) is 0 Å². The maximum atomic E-state index is 6.01. The number of hydrogen-bond donors (Lipinski definition) is 0. The number of furan rings is 1. The molecule has 0 bridgehead atoms. The first-order valence-corrected chi connectivity index (χ1v) is 8.62. The van der Waals surface area contributed by atoms with Crippen LogP contribution in [-0.2, 0) is 0 Å². The van der Waals surface area contributed by atoms with Gasteiger partial charge in [-0.25, -0.2) is 4.98 Å². The molecule has 0 atom stereocenters. The second-order valence-electron chi connectivity index (χ2n) is 5.79. The fourth-order valence-corrected chi connectivity index (χ4v) is 3.29. The van der Waals surface area contributed by atoms with E-state index in [9.17, 15) is 0 Å². The standard InChI is InChI=1S/C20H16BrNO3/c1-11-14-8-18(23-2)19(24-3)9-15(14)16-10-17(25-20(16)22-11)12-4-6-13(21)7-5-12/h4-10H,1-3H3. The van der Waals surface area contributed by atoms with Crippen LogP contribution in [0.25, 0.3) is 33.2 Å². The predicted octanol–water partition coefficient (Wildman–Crippen LogP) is 5.74. The quantitative estimate of drug-likeness (QED) is 0.442. The summed E-state index contributed by atoms with van der Waals surface area (Å²) in [5.41, 5.74) is 2.52. The smallest absolute Gasteiger partial charge is 0.227 e. The molecule has 2 aromatic heterocycles. The van der Waals surface area contributed by atoms with Gasteiger partial charge in [-0.1, -0.05) is 28.1 Å². The van der Waals surface area contributed by atoms with E-state index in [1.807, 2.05) is 49.4 Å². The van der Waals surface area contributed by atoms with Crippen LogP contribution in [0.1, 0.15) is 5.69 Å². The third-order valence-electron chi connectivity index (χ3n) is 4.31. The Kier molecular flexibility index (Phi) is 3.88. The summed E-state index contributed by atoms with van der Waals surface area (Å²) >= 11 is 3.46. The van der Waals surface area contributed by atoms with E-state index in [4.69, 9.17) is 13.9 Å². The Balaban J connectivity index is 2.00. The molecule has 0 unspecified atom stereocenters. The van der Waals surface area contributed by atoms with Gasteiger partial charge in [-0.05, 0) is 37.3 Å². The van der Waals surface area contributed by atoms with E-state index >= 15 is 0 Å². The van der Waals surface area contributed by atoms with Crippen molar-refractivity contribution >= 4 is 37.8 Å². The van der Waals surface area contributed by atoms with Crippen molar-refractivity contribution in [1.82, 2.24) is 4.98 Å².